The van der Waals surface area contributed by atoms with Gasteiger partial charge in [-0.1, -0.05) is 36.4 Å². The minimum absolute atomic E-state index is 0.0609. The molecule has 0 aromatic heterocycles. The van der Waals surface area contributed by atoms with E-state index in [1.165, 1.54) is 0 Å². The summed E-state index contributed by atoms with van der Waals surface area (Å²) >= 11 is 3.25. The first-order valence-corrected chi connectivity index (χ1v) is 7.91. The molecule has 0 fully saturated rings. The second-order valence-corrected chi connectivity index (χ2v) is 7.08. The van der Waals surface area contributed by atoms with Crippen LogP contribution in [0.4, 0.5) is 0 Å². The van der Waals surface area contributed by atoms with Crippen LogP contribution < -0.4 is 0 Å². The SMILES string of the molecule is C=C(Br)COC1=C(CCC(=O)OCC)C(=O)CC(C)(C)C1. The molecule has 1 aliphatic carbocycles. The Morgan fingerprint density at radius 2 is 2.05 bits per heavy atom. The summed E-state index contributed by atoms with van der Waals surface area (Å²) in [6, 6.07) is 0. The fraction of sp³-hybridized carbons (Fsp3) is 0.625. The lowest BCUT2D eigenvalue weighted by atomic mass is 9.75. The summed E-state index contributed by atoms with van der Waals surface area (Å²) in [5.74, 6) is 0.457. The van der Waals surface area contributed by atoms with Crippen molar-refractivity contribution in [3.05, 3.63) is 22.4 Å². The molecule has 5 heteroatoms. The van der Waals surface area contributed by atoms with E-state index in [4.69, 9.17) is 9.47 Å². The molecule has 0 saturated heterocycles. The molecular weight excluding hydrogens is 336 g/mol. The highest BCUT2D eigenvalue weighted by Crippen LogP contribution is 2.38. The number of carbonyl (C=O) groups is 2. The summed E-state index contributed by atoms with van der Waals surface area (Å²) in [6.45, 7) is 10.2. The van der Waals surface area contributed by atoms with Crippen molar-refractivity contribution < 1.29 is 19.1 Å². The van der Waals surface area contributed by atoms with E-state index >= 15 is 0 Å². The number of allylic oxidation sites excluding steroid dienone is 2. The largest absolute Gasteiger partial charge is 0.492 e. The van der Waals surface area contributed by atoms with Crippen LogP contribution in [0.5, 0.6) is 0 Å². The molecule has 0 unspecified atom stereocenters. The fourth-order valence-electron chi connectivity index (χ4n) is 2.34. The zero-order valence-electron chi connectivity index (χ0n) is 13.0. The number of rotatable bonds is 7. The Kier molecular flexibility index (Phi) is 6.65. The van der Waals surface area contributed by atoms with E-state index in [1.807, 2.05) is 13.8 Å². The predicted molar refractivity (Wildman–Crippen MR) is 84.9 cm³/mol. The lowest BCUT2D eigenvalue weighted by Gasteiger charge is -2.31. The summed E-state index contributed by atoms with van der Waals surface area (Å²) in [4.78, 5) is 23.8. The number of ketones is 1. The monoisotopic (exact) mass is 358 g/mol. The third-order valence-corrected chi connectivity index (χ3v) is 3.47. The summed E-state index contributed by atoms with van der Waals surface area (Å²) in [5.41, 5.74) is 0.504. The van der Waals surface area contributed by atoms with Gasteiger partial charge in [-0.3, -0.25) is 9.59 Å². The van der Waals surface area contributed by atoms with Crippen molar-refractivity contribution in [1.82, 2.24) is 0 Å². The predicted octanol–water partition coefficient (Wildman–Crippen LogP) is 3.90. The number of ether oxygens (including phenoxy) is 2. The first-order valence-electron chi connectivity index (χ1n) is 7.12. The van der Waals surface area contributed by atoms with Gasteiger partial charge in [-0.25, -0.2) is 0 Å². The van der Waals surface area contributed by atoms with Gasteiger partial charge in [0.05, 0.1) is 6.61 Å². The molecular formula is C16H23BrO4. The Morgan fingerprint density at radius 3 is 2.62 bits per heavy atom. The van der Waals surface area contributed by atoms with Gasteiger partial charge < -0.3 is 9.47 Å². The molecule has 0 N–H and O–H groups in total. The molecule has 0 aromatic rings. The summed E-state index contributed by atoms with van der Waals surface area (Å²) in [5, 5.41) is 0. The maximum absolute atomic E-state index is 12.3. The smallest absolute Gasteiger partial charge is 0.306 e. The molecule has 0 saturated carbocycles. The molecule has 0 aromatic carbocycles. The second kappa shape index (κ2) is 7.78. The van der Waals surface area contributed by atoms with Crippen LogP contribution in [0.25, 0.3) is 0 Å². The Balaban J connectivity index is 2.85. The maximum atomic E-state index is 12.3. The van der Waals surface area contributed by atoms with Crippen molar-refractivity contribution in [2.75, 3.05) is 13.2 Å². The lowest BCUT2D eigenvalue weighted by Crippen LogP contribution is -2.27. The lowest BCUT2D eigenvalue weighted by molar-refractivity contribution is -0.143. The van der Waals surface area contributed by atoms with Crippen LogP contribution in [0.2, 0.25) is 0 Å². The number of halogens is 1. The van der Waals surface area contributed by atoms with E-state index in [-0.39, 0.29) is 23.6 Å². The molecule has 0 heterocycles. The number of esters is 1. The molecule has 21 heavy (non-hydrogen) atoms. The van der Waals surface area contributed by atoms with Crippen LogP contribution >= 0.6 is 15.9 Å². The van der Waals surface area contributed by atoms with Gasteiger partial charge in [0.15, 0.2) is 5.78 Å². The first-order chi connectivity index (χ1) is 9.75. The standard InChI is InChI=1S/C16H23BrO4/c1-5-20-15(19)7-6-12-13(18)8-16(3,4)9-14(12)21-10-11(2)17/h2,5-10H2,1,3-4H3. The van der Waals surface area contributed by atoms with Gasteiger partial charge in [0.2, 0.25) is 0 Å². The van der Waals surface area contributed by atoms with Crippen molar-refractivity contribution in [3.63, 3.8) is 0 Å². The highest BCUT2D eigenvalue weighted by molar-refractivity contribution is 9.11. The van der Waals surface area contributed by atoms with Crippen LogP contribution in [-0.4, -0.2) is 25.0 Å². The number of hydrogen-bond acceptors (Lipinski definition) is 4. The first kappa shape index (κ1) is 18.0. The average Bonchev–Trinajstić information content (AvgIpc) is 2.34. The molecule has 0 amide bonds. The third-order valence-electron chi connectivity index (χ3n) is 3.24. The van der Waals surface area contributed by atoms with Crippen molar-refractivity contribution >= 4 is 27.7 Å². The fourth-order valence-corrected chi connectivity index (χ4v) is 2.46. The Morgan fingerprint density at radius 1 is 1.38 bits per heavy atom. The Hall–Kier alpha value is -1.10. The number of Topliss-reactive ketones (excluding diaryl/α,β-unsaturated/α-hetero) is 1. The van der Waals surface area contributed by atoms with Crippen LogP contribution in [0.3, 0.4) is 0 Å². The van der Waals surface area contributed by atoms with Crippen molar-refractivity contribution in [2.24, 2.45) is 5.41 Å². The van der Waals surface area contributed by atoms with E-state index in [2.05, 4.69) is 22.5 Å². The molecule has 4 nitrogen and oxygen atoms in total. The summed E-state index contributed by atoms with van der Waals surface area (Å²) in [7, 11) is 0. The maximum Gasteiger partial charge on any atom is 0.306 e. The highest BCUT2D eigenvalue weighted by Gasteiger charge is 2.34. The van der Waals surface area contributed by atoms with Gasteiger partial charge in [-0.15, -0.1) is 0 Å². The number of hydrogen-bond donors (Lipinski definition) is 0. The van der Waals surface area contributed by atoms with Crippen LogP contribution in [0.15, 0.2) is 22.4 Å². The minimum Gasteiger partial charge on any atom is -0.492 e. The topological polar surface area (TPSA) is 52.6 Å². The Labute approximate surface area is 134 Å². The average molecular weight is 359 g/mol. The van der Waals surface area contributed by atoms with E-state index in [1.54, 1.807) is 6.92 Å². The van der Waals surface area contributed by atoms with Gasteiger partial charge in [-0.05, 0) is 18.8 Å². The second-order valence-electron chi connectivity index (χ2n) is 5.95. The van der Waals surface area contributed by atoms with Gasteiger partial charge >= 0.3 is 5.97 Å². The summed E-state index contributed by atoms with van der Waals surface area (Å²) < 4.78 is 11.3. The van der Waals surface area contributed by atoms with Gasteiger partial charge in [0.1, 0.15) is 12.4 Å². The van der Waals surface area contributed by atoms with Gasteiger partial charge in [-0.2, -0.15) is 0 Å². The molecule has 0 atom stereocenters. The van der Waals surface area contributed by atoms with Crippen molar-refractivity contribution in [2.45, 2.75) is 46.5 Å². The molecule has 0 aliphatic heterocycles. The minimum atomic E-state index is -0.285. The van der Waals surface area contributed by atoms with Crippen LogP contribution in [0.1, 0.15) is 46.5 Å². The Bertz CT molecular complexity index is 463. The molecule has 0 spiro atoms. The van der Waals surface area contributed by atoms with E-state index < -0.39 is 0 Å². The summed E-state index contributed by atoms with van der Waals surface area (Å²) in [6.07, 6.45) is 1.75. The molecule has 118 valence electrons. The zero-order valence-corrected chi connectivity index (χ0v) is 14.5. The third kappa shape index (κ3) is 6.04. The quantitative estimate of drug-likeness (QED) is 0.647. The zero-order chi connectivity index (χ0) is 16.0. The normalized spacial score (nSPS) is 17.6. The van der Waals surface area contributed by atoms with Crippen LogP contribution in [0, 0.1) is 5.41 Å². The number of carbonyl (C=O) groups excluding carboxylic acids is 2. The van der Waals surface area contributed by atoms with Crippen molar-refractivity contribution in [1.29, 1.82) is 0 Å². The highest BCUT2D eigenvalue weighted by atomic mass is 79.9. The molecule has 0 bridgehead atoms. The molecule has 1 aliphatic rings. The van der Waals surface area contributed by atoms with E-state index in [9.17, 15) is 9.59 Å². The van der Waals surface area contributed by atoms with E-state index in [0.29, 0.717) is 43.8 Å². The van der Waals surface area contributed by atoms with Gasteiger partial charge in [0, 0.05) is 29.3 Å². The van der Waals surface area contributed by atoms with E-state index in [0.717, 1.165) is 4.48 Å². The van der Waals surface area contributed by atoms with Crippen molar-refractivity contribution in [3.8, 4) is 0 Å². The van der Waals surface area contributed by atoms with Gasteiger partial charge in [0.25, 0.3) is 0 Å². The molecule has 0 radical (unpaired) electrons. The van der Waals surface area contributed by atoms with Crippen LogP contribution in [-0.2, 0) is 19.1 Å². The molecule has 1 rings (SSSR count).